The van der Waals surface area contributed by atoms with Crippen LogP contribution in [0.3, 0.4) is 0 Å². The van der Waals surface area contributed by atoms with Gasteiger partial charge in [-0.2, -0.15) is 0 Å². The molecular formula is C11H16FN. The van der Waals surface area contributed by atoms with E-state index in [1.165, 1.54) is 6.07 Å². The average Bonchev–Trinajstić information content (AvgIpc) is 2.02. The van der Waals surface area contributed by atoms with E-state index in [0.717, 1.165) is 5.56 Å². The normalized spacial score (nSPS) is 10.6. The van der Waals surface area contributed by atoms with Crippen molar-refractivity contribution in [3.63, 3.8) is 0 Å². The van der Waals surface area contributed by atoms with Crippen LogP contribution in [0, 0.1) is 5.82 Å². The Bertz CT molecular complexity index is 292. The summed E-state index contributed by atoms with van der Waals surface area (Å²) >= 11 is 0. The molecule has 0 aliphatic heterocycles. The Morgan fingerprint density at radius 2 is 1.85 bits per heavy atom. The van der Waals surface area contributed by atoms with E-state index in [1.807, 2.05) is 25.1 Å². The minimum atomic E-state index is -0.142. The maximum Gasteiger partial charge on any atom is 0.146 e. The van der Waals surface area contributed by atoms with E-state index in [1.54, 1.807) is 6.07 Å². The Morgan fingerprint density at radius 3 is 2.23 bits per heavy atom. The minimum absolute atomic E-state index is 0.142. The summed E-state index contributed by atoms with van der Waals surface area (Å²) in [5.41, 5.74) is 1.77. The highest BCUT2D eigenvalue weighted by molar-refractivity contribution is 5.54. The molecular weight excluding hydrogens is 165 g/mol. The average molecular weight is 181 g/mol. The molecule has 0 bridgehead atoms. The number of halogens is 1. The van der Waals surface area contributed by atoms with Gasteiger partial charge in [-0.05, 0) is 17.5 Å². The van der Waals surface area contributed by atoms with E-state index in [-0.39, 0.29) is 5.82 Å². The monoisotopic (exact) mass is 181 g/mol. The lowest BCUT2D eigenvalue weighted by Crippen LogP contribution is -2.13. The fourth-order valence-corrected chi connectivity index (χ4v) is 1.47. The lowest BCUT2D eigenvalue weighted by molar-refractivity contribution is 0.621. The number of para-hydroxylation sites is 1. The number of rotatable bonds is 2. The quantitative estimate of drug-likeness (QED) is 0.678. The van der Waals surface area contributed by atoms with Crippen molar-refractivity contribution in [2.45, 2.75) is 19.8 Å². The van der Waals surface area contributed by atoms with Gasteiger partial charge in [-0.15, -0.1) is 0 Å². The molecule has 1 aromatic carbocycles. The highest BCUT2D eigenvalue weighted by Crippen LogP contribution is 2.28. The second-order valence-corrected chi connectivity index (χ2v) is 3.73. The molecule has 1 nitrogen and oxygen atoms in total. The highest BCUT2D eigenvalue weighted by Gasteiger charge is 2.12. The van der Waals surface area contributed by atoms with Crippen molar-refractivity contribution in [3.05, 3.63) is 29.6 Å². The van der Waals surface area contributed by atoms with Crippen LogP contribution in [0.5, 0.6) is 0 Å². The van der Waals surface area contributed by atoms with Crippen LogP contribution in [-0.2, 0) is 0 Å². The van der Waals surface area contributed by atoms with Gasteiger partial charge < -0.3 is 4.90 Å². The number of anilines is 1. The van der Waals surface area contributed by atoms with Gasteiger partial charge in [0.15, 0.2) is 0 Å². The van der Waals surface area contributed by atoms with Gasteiger partial charge in [0.1, 0.15) is 5.82 Å². The molecule has 1 aromatic rings. The maximum absolute atomic E-state index is 13.4. The van der Waals surface area contributed by atoms with Gasteiger partial charge in [-0.1, -0.05) is 26.0 Å². The molecule has 1 rings (SSSR count). The number of hydrogen-bond donors (Lipinski definition) is 0. The van der Waals surface area contributed by atoms with Crippen LogP contribution in [0.15, 0.2) is 18.2 Å². The molecule has 13 heavy (non-hydrogen) atoms. The molecule has 0 saturated carbocycles. The van der Waals surface area contributed by atoms with Crippen molar-refractivity contribution in [2.75, 3.05) is 19.0 Å². The molecule has 0 aliphatic carbocycles. The van der Waals surface area contributed by atoms with Gasteiger partial charge in [0.25, 0.3) is 0 Å². The Kier molecular flexibility index (Phi) is 2.91. The van der Waals surface area contributed by atoms with Crippen LogP contribution < -0.4 is 4.90 Å². The van der Waals surface area contributed by atoms with Gasteiger partial charge in [-0.3, -0.25) is 0 Å². The first-order valence-electron chi connectivity index (χ1n) is 4.49. The second kappa shape index (κ2) is 3.77. The summed E-state index contributed by atoms with van der Waals surface area (Å²) in [4.78, 5) is 1.82. The van der Waals surface area contributed by atoms with E-state index in [9.17, 15) is 4.39 Å². The van der Waals surface area contributed by atoms with Crippen LogP contribution in [0.25, 0.3) is 0 Å². The van der Waals surface area contributed by atoms with Gasteiger partial charge in [-0.25, -0.2) is 4.39 Å². The first-order chi connectivity index (χ1) is 6.04. The molecule has 2 heteroatoms. The number of nitrogens with zero attached hydrogens (tertiary/aromatic N) is 1. The largest absolute Gasteiger partial charge is 0.375 e. The van der Waals surface area contributed by atoms with Crippen molar-refractivity contribution < 1.29 is 4.39 Å². The Hall–Kier alpha value is -1.05. The SMILES string of the molecule is CC(C)c1cccc(F)c1N(C)C. The molecule has 72 valence electrons. The first kappa shape index (κ1) is 10.0. The molecule has 0 aromatic heterocycles. The minimum Gasteiger partial charge on any atom is -0.375 e. The molecule has 0 spiro atoms. The van der Waals surface area contributed by atoms with Gasteiger partial charge >= 0.3 is 0 Å². The molecule has 0 N–H and O–H groups in total. The Morgan fingerprint density at radius 1 is 1.23 bits per heavy atom. The van der Waals surface area contributed by atoms with E-state index in [2.05, 4.69) is 13.8 Å². The van der Waals surface area contributed by atoms with E-state index < -0.39 is 0 Å². The third-order valence-electron chi connectivity index (χ3n) is 2.09. The summed E-state index contributed by atoms with van der Waals surface area (Å²) in [5.74, 6) is 0.212. The molecule has 0 amide bonds. The van der Waals surface area contributed by atoms with Gasteiger partial charge in [0, 0.05) is 14.1 Å². The lowest BCUT2D eigenvalue weighted by Gasteiger charge is -2.20. The number of hydrogen-bond acceptors (Lipinski definition) is 1. The van der Waals surface area contributed by atoms with Crippen molar-refractivity contribution in [1.82, 2.24) is 0 Å². The maximum atomic E-state index is 13.4. The van der Waals surface area contributed by atoms with Crippen molar-refractivity contribution in [1.29, 1.82) is 0 Å². The summed E-state index contributed by atoms with van der Waals surface area (Å²) in [6, 6.07) is 5.24. The fraction of sp³-hybridized carbons (Fsp3) is 0.455. The van der Waals surface area contributed by atoms with Crippen LogP contribution >= 0.6 is 0 Å². The standard InChI is InChI=1S/C11H16FN/c1-8(2)9-6-5-7-10(12)11(9)13(3)4/h5-8H,1-4H3. The topological polar surface area (TPSA) is 3.24 Å². The summed E-state index contributed by atoms with van der Waals surface area (Å²) < 4.78 is 13.4. The zero-order chi connectivity index (χ0) is 10.0. The lowest BCUT2D eigenvalue weighted by atomic mass is 10.0. The third kappa shape index (κ3) is 2.00. The molecule has 0 unspecified atom stereocenters. The fourth-order valence-electron chi connectivity index (χ4n) is 1.47. The summed E-state index contributed by atoms with van der Waals surface area (Å²) in [6.45, 7) is 4.14. The molecule has 0 aliphatic rings. The van der Waals surface area contributed by atoms with E-state index in [0.29, 0.717) is 11.6 Å². The third-order valence-corrected chi connectivity index (χ3v) is 2.09. The molecule has 0 heterocycles. The van der Waals surface area contributed by atoms with Crippen molar-refractivity contribution in [2.24, 2.45) is 0 Å². The van der Waals surface area contributed by atoms with Crippen molar-refractivity contribution >= 4 is 5.69 Å². The molecule has 0 radical (unpaired) electrons. The Balaban J connectivity index is 3.26. The molecule has 0 fully saturated rings. The zero-order valence-corrected chi connectivity index (χ0v) is 8.63. The number of benzene rings is 1. The van der Waals surface area contributed by atoms with Crippen LogP contribution in [0.1, 0.15) is 25.3 Å². The van der Waals surface area contributed by atoms with Crippen LogP contribution in [0.4, 0.5) is 10.1 Å². The smallest absolute Gasteiger partial charge is 0.146 e. The molecule has 0 saturated heterocycles. The predicted octanol–water partition coefficient (Wildman–Crippen LogP) is 3.02. The summed E-state index contributed by atoms with van der Waals surface area (Å²) in [5, 5.41) is 0. The summed E-state index contributed by atoms with van der Waals surface area (Å²) in [7, 11) is 3.73. The molecule has 0 atom stereocenters. The predicted molar refractivity (Wildman–Crippen MR) is 54.8 cm³/mol. The van der Waals surface area contributed by atoms with Crippen molar-refractivity contribution in [3.8, 4) is 0 Å². The zero-order valence-electron chi connectivity index (χ0n) is 8.63. The van der Waals surface area contributed by atoms with Gasteiger partial charge in [0.05, 0.1) is 5.69 Å². The van der Waals surface area contributed by atoms with Crippen LogP contribution in [-0.4, -0.2) is 14.1 Å². The first-order valence-corrected chi connectivity index (χ1v) is 4.49. The van der Waals surface area contributed by atoms with E-state index >= 15 is 0 Å². The van der Waals surface area contributed by atoms with Gasteiger partial charge in [0.2, 0.25) is 0 Å². The Labute approximate surface area is 79.2 Å². The van der Waals surface area contributed by atoms with E-state index in [4.69, 9.17) is 0 Å². The highest BCUT2D eigenvalue weighted by atomic mass is 19.1. The summed E-state index contributed by atoms with van der Waals surface area (Å²) in [6.07, 6.45) is 0. The van der Waals surface area contributed by atoms with Crippen LogP contribution in [0.2, 0.25) is 0 Å². The second-order valence-electron chi connectivity index (χ2n) is 3.73.